The lowest BCUT2D eigenvalue weighted by Gasteiger charge is -2.33. The van der Waals surface area contributed by atoms with Gasteiger partial charge >= 0.3 is 5.56 Å². The minimum atomic E-state index is -0.579. The van der Waals surface area contributed by atoms with E-state index in [1.165, 1.54) is 16.5 Å². The summed E-state index contributed by atoms with van der Waals surface area (Å²) in [6.07, 6.45) is 4.93. The molecule has 0 spiro atoms. The van der Waals surface area contributed by atoms with Gasteiger partial charge in [-0.15, -0.1) is 0 Å². The molecule has 1 saturated heterocycles. The highest BCUT2D eigenvalue weighted by Crippen LogP contribution is 2.31. The summed E-state index contributed by atoms with van der Waals surface area (Å²) < 4.78 is 29.7. The quantitative estimate of drug-likeness (QED) is 0.430. The maximum atomic E-state index is 15.1. The van der Waals surface area contributed by atoms with Crippen molar-refractivity contribution < 1.29 is 13.9 Å². The van der Waals surface area contributed by atoms with Gasteiger partial charge in [0.05, 0.1) is 30.7 Å². The summed E-state index contributed by atoms with van der Waals surface area (Å²) >= 11 is 5.99. The number of anilines is 1. The highest BCUT2D eigenvalue weighted by atomic mass is 35.5. The molecule has 0 saturated carbocycles. The molecule has 11 heteroatoms. The van der Waals surface area contributed by atoms with E-state index in [0.717, 1.165) is 12.0 Å². The molecule has 0 bridgehead atoms. The van der Waals surface area contributed by atoms with Gasteiger partial charge in [0.25, 0.3) is 0 Å². The van der Waals surface area contributed by atoms with E-state index in [1.807, 2.05) is 13.2 Å². The van der Waals surface area contributed by atoms with Crippen LogP contribution in [0, 0.1) is 5.82 Å². The van der Waals surface area contributed by atoms with Crippen LogP contribution in [0.4, 0.5) is 10.2 Å². The number of nitrogens with zero attached hydrogens (tertiary/aromatic N) is 6. The highest BCUT2D eigenvalue weighted by molar-refractivity contribution is 6.30. The number of benzene rings is 1. The van der Waals surface area contributed by atoms with Crippen molar-refractivity contribution >= 4 is 23.1 Å². The maximum Gasteiger partial charge on any atom is 0.302 e. The molecule has 9 nitrogen and oxygen atoms in total. The Morgan fingerprint density at radius 1 is 1.20 bits per heavy atom. The molecule has 2 aliphatic heterocycles. The van der Waals surface area contributed by atoms with Crippen LogP contribution in [0.15, 0.2) is 41.5 Å². The largest absolute Gasteiger partial charge is 0.486 e. The van der Waals surface area contributed by atoms with Gasteiger partial charge in [-0.2, -0.15) is 5.10 Å². The molecular formula is C24H22ClFN6O3. The smallest absolute Gasteiger partial charge is 0.302 e. The second-order valence-corrected chi connectivity index (χ2v) is 9.09. The van der Waals surface area contributed by atoms with E-state index in [2.05, 4.69) is 10.00 Å². The van der Waals surface area contributed by atoms with Crippen LogP contribution in [0.1, 0.15) is 23.8 Å². The average Bonchev–Trinajstić information content (AvgIpc) is 3.30. The van der Waals surface area contributed by atoms with Crippen LogP contribution in [0.3, 0.4) is 0 Å². The van der Waals surface area contributed by atoms with Crippen molar-refractivity contribution in [1.82, 2.24) is 24.1 Å². The van der Waals surface area contributed by atoms with E-state index in [1.54, 1.807) is 23.0 Å². The third-order valence-electron chi connectivity index (χ3n) is 6.29. The number of aromatic nitrogens is 5. The van der Waals surface area contributed by atoms with Crippen LogP contribution >= 0.6 is 11.6 Å². The van der Waals surface area contributed by atoms with Gasteiger partial charge in [-0.05, 0) is 31.0 Å². The number of fused-ring (bicyclic) bond motifs is 2. The summed E-state index contributed by atoms with van der Waals surface area (Å²) in [4.78, 5) is 25.0. The molecule has 180 valence electrons. The van der Waals surface area contributed by atoms with Gasteiger partial charge in [-0.25, -0.2) is 18.8 Å². The molecule has 6 rings (SSSR count). The third kappa shape index (κ3) is 3.92. The number of rotatable bonds is 3. The van der Waals surface area contributed by atoms with Crippen LogP contribution in [0.25, 0.3) is 17.0 Å². The Morgan fingerprint density at radius 2 is 2.09 bits per heavy atom. The van der Waals surface area contributed by atoms with Crippen molar-refractivity contribution in [3.63, 3.8) is 0 Å². The standard InChI is InChI=1S/C24H22ClFN6O3/c1-30-12-14(11-27-30)19-13-31(6-8-34-19)20-10-21-28-18-3-2-7-35-22(18)24(33)32(21)23(29-20)16-5-4-15(25)9-17(16)26/h4-5,9-12,19H,2-3,6-8,13H2,1H3/t19-/m1/s1. The van der Waals surface area contributed by atoms with Gasteiger partial charge in [-0.1, -0.05) is 11.6 Å². The summed E-state index contributed by atoms with van der Waals surface area (Å²) in [5.41, 5.74) is 1.71. The lowest BCUT2D eigenvalue weighted by atomic mass is 10.1. The van der Waals surface area contributed by atoms with Gasteiger partial charge in [0.15, 0.2) is 5.82 Å². The highest BCUT2D eigenvalue weighted by Gasteiger charge is 2.27. The Hall–Kier alpha value is -3.50. The monoisotopic (exact) mass is 496 g/mol. The van der Waals surface area contributed by atoms with Crippen molar-refractivity contribution in [1.29, 1.82) is 0 Å². The molecule has 1 aromatic carbocycles. The van der Waals surface area contributed by atoms with E-state index in [9.17, 15) is 4.79 Å². The Balaban J connectivity index is 1.52. The molecule has 0 unspecified atom stereocenters. The minimum absolute atomic E-state index is 0.144. The lowest BCUT2D eigenvalue weighted by molar-refractivity contribution is 0.0395. The van der Waals surface area contributed by atoms with Crippen LogP contribution in [-0.4, -0.2) is 50.5 Å². The second-order valence-electron chi connectivity index (χ2n) is 8.65. The zero-order chi connectivity index (χ0) is 24.1. The summed E-state index contributed by atoms with van der Waals surface area (Å²) in [5, 5.41) is 4.50. The predicted octanol–water partition coefficient (Wildman–Crippen LogP) is 3.19. The molecule has 0 radical (unpaired) electrons. The van der Waals surface area contributed by atoms with Gasteiger partial charge in [0.1, 0.15) is 23.4 Å². The minimum Gasteiger partial charge on any atom is -0.486 e. The van der Waals surface area contributed by atoms with Crippen molar-refractivity contribution in [2.45, 2.75) is 18.9 Å². The van der Waals surface area contributed by atoms with Gasteiger partial charge < -0.3 is 14.4 Å². The topological polar surface area (TPSA) is 86.8 Å². The number of aryl methyl sites for hydroxylation is 2. The van der Waals surface area contributed by atoms with E-state index < -0.39 is 11.4 Å². The zero-order valence-corrected chi connectivity index (χ0v) is 19.7. The van der Waals surface area contributed by atoms with Gasteiger partial charge in [0, 0.05) is 43.0 Å². The Kier molecular flexibility index (Phi) is 5.42. The number of hydrogen-bond donors (Lipinski definition) is 0. The summed E-state index contributed by atoms with van der Waals surface area (Å²) in [5.74, 6) is 0.340. The molecule has 1 atom stereocenters. The van der Waals surface area contributed by atoms with Crippen molar-refractivity contribution in [3.8, 4) is 17.1 Å². The molecule has 1 fully saturated rings. The maximum absolute atomic E-state index is 15.1. The average molecular weight is 497 g/mol. The fourth-order valence-electron chi connectivity index (χ4n) is 4.58. The first-order chi connectivity index (χ1) is 17.0. The lowest BCUT2D eigenvalue weighted by Crippen LogP contribution is -2.39. The fraction of sp³-hybridized carbons (Fsp3) is 0.333. The van der Waals surface area contributed by atoms with E-state index >= 15 is 4.39 Å². The molecule has 35 heavy (non-hydrogen) atoms. The molecule has 2 aliphatic rings. The van der Waals surface area contributed by atoms with E-state index in [-0.39, 0.29) is 28.3 Å². The second kappa shape index (κ2) is 8.62. The number of halogens is 2. The SMILES string of the molecule is Cn1cc([C@H]2CN(c3cc4nc5c(c(=O)n4c(-c4ccc(Cl)cc4F)n3)OCCC5)CCO2)cn1. The van der Waals surface area contributed by atoms with Crippen LogP contribution < -0.4 is 15.2 Å². The van der Waals surface area contributed by atoms with Gasteiger partial charge in [-0.3, -0.25) is 9.48 Å². The summed E-state index contributed by atoms with van der Waals surface area (Å²) in [7, 11) is 1.86. The molecule has 3 aromatic heterocycles. The van der Waals surface area contributed by atoms with Crippen molar-refractivity contribution in [3.05, 3.63) is 69.1 Å². The molecule has 5 heterocycles. The van der Waals surface area contributed by atoms with E-state index in [0.29, 0.717) is 49.9 Å². The Morgan fingerprint density at radius 3 is 2.89 bits per heavy atom. The third-order valence-corrected chi connectivity index (χ3v) is 6.53. The molecule has 4 aromatic rings. The first-order valence-electron chi connectivity index (χ1n) is 11.4. The van der Waals surface area contributed by atoms with Crippen LogP contribution in [-0.2, 0) is 18.2 Å². The number of morpholine rings is 1. The Bertz CT molecular complexity index is 1500. The van der Waals surface area contributed by atoms with E-state index in [4.69, 9.17) is 31.0 Å². The molecular weight excluding hydrogens is 475 g/mol. The summed E-state index contributed by atoms with van der Waals surface area (Å²) in [6, 6.07) is 6.06. The van der Waals surface area contributed by atoms with Crippen LogP contribution in [0.2, 0.25) is 5.02 Å². The van der Waals surface area contributed by atoms with Crippen molar-refractivity contribution in [2.75, 3.05) is 31.2 Å². The summed E-state index contributed by atoms with van der Waals surface area (Å²) in [6.45, 7) is 2.03. The molecule has 0 N–H and O–H groups in total. The molecule has 0 aliphatic carbocycles. The Labute approximate surface area is 204 Å². The number of ether oxygens (including phenoxy) is 2. The first kappa shape index (κ1) is 22.0. The van der Waals surface area contributed by atoms with Crippen molar-refractivity contribution in [2.24, 2.45) is 7.05 Å². The fourth-order valence-corrected chi connectivity index (χ4v) is 4.74. The predicted molar refractivity (Wildman–Crippen MR) is 128 cm³/mol. The zero-order valence-electron chi connectivity index (χ0n) is 18.9. The normalized spacial score (nSPS) is 17.9. The van der Waals surface area contributed by atoms with Gasteiger partial charge in [0.2, 0.25) is 5.75 Å². The number of hydrogen-bond acceptors (Lipinski definition) is 7. The first-order valence-corrected chi connectivity index (χ1v) is 11.8. The van der Waals surface area contributed by atoms with Crippen LogP contribution in [0.5, 0.6) is 5.75 Å². The molecule has 0 amide bonds.